The number of carbonyl (C=O) groups is 3. The van der Waals surface area contributed by atoms with Crippen LogP contribution in [0.2, 0.25) is 0 Å². The van der Waals surface area contributed by atoms with Crippen molar-refractivity contribution in [2.45, 2.75) is 45.2 Å². The van der Waals surface area contributed by atoms with Gasteiger partial charge in [-0.25, -0.2) is 4.79 Å². The summed E-state index contributed by atoms with van der Waals surface area (Å²) in [5.41, 5.74) is -0.0677. The summed E-state index contributed by atoms with van der Waals surface area (Å²) < 4.78 is 5.46. The van der Waals surface area contributed by atoms with Crippen LogP contribution in [0.4, 0.5) is 4.79 Å². The van der Waals surface area contributed by atoms with Crippen LogP contribution in [0.5, 0.6) is 0 Å². The van der Waals surface area contributed by atoms with Gasteiger partial charge in [0.15, 0.2) is 0 Å². The van der Waals surface area contributed by atoms with E-state index in [4.69, 9.17) is 9.84 Å². The van der Waals surface area contributed by atoms with E-state index in [9.17, 15) is 14.4 Å². The molecule has 3 saturated heterocycles. The van der Waals surface area contributed by atoms with Crippen LogP contribution >= 0.6 is 0 Å². The number of hydrogen-bond donors (Lipinski definition) is 2. The lowest BCUT2D eigenvalue weighted by Crippen LogP contribution is -2.54. The third-order valence-corrected chi connectivity index (χ3v) is 5.70. The molecule has 3 fully saturated rings. The minimum Gasteiger partial charge on any atom is -0.481 e. The van der Waals surface area contributed by atoms with Gasteiger partial charge >= 0.3 is 12.0 Å². The summed E-state index contributed by atoms with van der Waals surface area (Å²) in [6.45, 7) is 6.77. The van der Waals surface area contributed by atoms with E-state index in [0.717, 1.165) is 0 Å². The number of carboxylic acids is 1. The van der Waals surface area contributed by atoms with Crippen LogP contribution in [-0.2, 0) is 14.3 Å². The average Bonchev–Trinajstić information content (AvgIpc) is 3.10. The molecular weight excluding hydrogens is 326 g/mol. The van der Waals surface area contributed by atoms with Gasteiger partial charge in [-0.05, 0) is 12.8 Å². The van der Waals surface area contributed by atoms with Crippen molar-refractivity contribution in [1.29, 1.82) is 0 Å². The molecule has 3 aliphatic rings. The third kappa shape index (κ3) is 3.73. The number of likely N-dealkylation sites (tertiary alicyclic amines) is 2. The van der Waals surface area contributed by atoms with E-state index in [0.29, 0.717) is 45.7 Å². The maximum Gasteiger partial charge on any atom is 0.317 e. The minimum absolute atomic E-state index is 0.00853. The molecule has 0 radical (unpaired) electrons. The number of hydrogen-bond acceptors (Lipinski definition) is 4. The fourth-order valence-corrected chi connectivity index (χ4v) is 3.87. The molecule has 140 valence electrons. The predicted octanol–water partition coefficient (Wildman–Crippen LogP) is 0.519. The summed E-state index contributed by atoms with van der Waals surface area (Å²) in [6.07, 6.45) is 1.47. The van der Waals surface area contributed by atoms with Crippen molar-refractivity contribution >= 4 is 17.9 Å². The number of carbonyl (C=O) groups excluding carboxylic acids is 2. The molecule has 3 rings (SSSR count). The molecule has 3 amide bonds. The molecule has 0 aromatic rings. The van der Waals surface area contributed by atoms with E-state index in [1.165, 1.54) is 0 Å². The molecule has 0 aromatic carbocycles. The van der Waals surface area contributed by atoms with E-state index in [2.05, 4.69) is 19.2 Å². The van der Waals surface area contributed by atoms with Gasteiger partial charge in [0.05, 0.1) is 25.2 Å². The Bertz CT molecular complexity index is 556. The van der Waals surface area contributed by atoms with Crippen molar-refractivity contribution in [2.75, 3.05) is 32.8 Å². The molecule has 2 atom stereocenters. The Morgan fingerprint density at radius 1 is 1.28 bits per heavy atom. The zero-order valence-corrected chi connectivity index (χ0v) is 14.9. The molecule has 0 saturated carbocycles. The van der Waals surface area contributed by atoms with Crippen LogP contribution in [0.25, 0.3) is 0 Å². The molecule has 0 aromatic heterocycles. The van der Waals surface area contributed by atoms with Crippen molar-refractivity contribution in [3.8, 4) is 0 Å². The van der Waals surface area contributed by atoms with Gasteiger partial charge in [0, 0.05) is 37.5 Å². The highest BCUT2D eigenvalue weighted by Gasteiger charge is 2.40. The lowest BCUT2D eigenvalue weighted by molar-refractivity contribution is -0.141. The van der Waals surface area contributed by atoms with Gasteiger partial charge in [0.1, 0.15) is 0 Å². The quantitative estimate of drug-likeness (QED) is 0.771. The molecule has 8 nitrogen and oxygen atoms in total. The van der Waals surface area contributed by atoms with E-state index < -0.39 is 11.9 Å². The Hall–Kier alpha value is -1.83. The van der Waals surface area contributed by atoms with Crippen LogP contribution in [0.15, 0.2) is 0 Å². The van der Waals surface area contributed by atoms with E-state index in [1.54, 1.807) is 9.80 Å². The van der Waals surface area contributed by atoms with Crippen molar-refractivity contribution in [2.24, 2.45) is 11.3 Å². The topological polar surface area (TPSA) is 99.2 Å². The predicted molar refractivity (Wildman–Crippen MR) is 89.0 cm³/mol. The number of ether oxygens (including phenoxy) is 1. The second-order valence-electron chi connectivity index (χ2n) is 8.01. The normalized spacial score (nSPS) is 29.9. The Morgan fingerprint density at radius 2 is 1.96 bits per heavy atom. The molecule has 3 aliphatic heterocycles. The summed E-state index contributed by atoms with van der Waals surface area (Å²) in [5, 5.41) is 12.1. The molecule has 2 N–H and O–H groups in total. The number of amides is 3. The number of rotatable bonds is 3. The van der Waals surface area contributed by atoms with Crippen molar-refractivity contribution in [1.82, 2.24) is 15.1 Å². The summed E-state index contributed by atoms with van der Waals surface area (Å²) in [6, 6.07) is -0.0421. The van der Waals surface area contributed by atoms with E-state index in [-0.39, 0.29) is 35.9 Å². The van der Waals surface area contributed by atoms with Crippen molar-refractivity contribution in [3.63, 3.8) is 0 Å². The Kier molecular flexibility index (Phi) is 4.90. The Morgan fingerprint density at radius 3 is 2.48 bits per heavy atom. The highest BCUT2D eigenvalue weighted by atomic mass is 16.5. The molecule has 0 bridgehead atoms. The van der Waals surface area contributed by atoms with Gasteiger partial charge in [-0.3, -0.25) is 9.59 Å². The third-order valence-electron chi connectivity index (χ3n) is 5.70. The van der Waals surface area contributed by atoms with Gasteiger partial charge in [0.2, 0.25) is 5.91 Å². The first-order chi connectivity index (χ1) is 11.8. The summed E-state index contributed by atoms with van der Waals surface area (Å²) in [5.74, 6) is -1.59. The second-order valence-corrected chi connectivity index (χ2v) is 8.01. The van der Waals surface area contributed by atoms with Crippen LogP contribution in [0.1, 0.15) is 33.1 Å². The maximum absolute atomic E-state index is 12.5. The lowest BCUT2D eigenvalue weighted by Gasteiger charge is -2.37. The second kappa shape index (κ2) is 6.82. The first-order valence-electron chi connectivity index (χ1n) is 8.93. The molecule has 2 unspecified atom stereocenters. The lowest BCUT2D eigenvalue weighted by atomic mass is 9.88. The summed E-state index contributed by atoms with van der Waals surface area (Å²) in [4.78, 5) is 39.1. The van der Waals surface area contributed by atoms with Gasteiger partial charge in [-0.1, -0.05) is 13.8 Å². The smallest absolute Gasteiger partial charge is 0.317 e. The van der Waals surface area contributed by atoms with Crippen LogP contribution in [0, 0.1) is 11.3 Å². The summed E-state index contributed by atoms with van der Waals surface area (Å²) in [7, 11) is 0. The number of carboxylic acid groups (broad SMARTS) is 1. The van der Waals surface area contributed by atoms with Gasteiger partial charge in [0.25, 0.3) is 0 Å². The number of aliphatic carboxylic acids is 1. The number of nitrogens with one attached hydrogen (secondary N) is 1. The minimum atomic E-state index is -0.908. The number of piperidine rings is 1. The number of urea groups is 1. The monoisotopic (exact) mass is 353 g/mol. The summed E-state index contributed by atoms with van der Waals surface area (Å²) >= 11 is 0. The van der Waals surface area contributed by atoms with Crippen molar-refractivity contribution < 1.29 is 24.2 Å². The Balaban J connectivity index is 1.49. The SMILES string of the molecule is CC1(C)COCC1NC(=O)N1CCC(N2CC(C(=O)O)CC2=O)CC1. The standard InChI is InChI=1S/C17H27N3O5/c1-17(2)10-25-9-13(17)18-16(24)19-5-3-12(4-6-19)20-8-11(15(22)23)7-14(20)21/h11-13H,3-10H2,1-2H3,(H,18,24)(H,22,23). The first kappa shape index (κ1) is 18.0. The molecule has 25 heavy (non-hydrogen) atoms. The van der Waals surface area contributed by atoms with E-state index >= 15 is 0 Å². The molecular formula is C17H27N3O5. The molecule has 0 aliphatic carbocycles. The highest BCUT2D eigenvalue weighted by Crippen LogP contribution is 2.28. The van der Waals surface area contributed by atoms with Gasteiger partial charge in [-0.2, -0.15) is 0 Å². The van der Waals surface area contributed by atoms with Crippen LogP contribution in [0.3, 0.4) is 0 Å². The largest absolute Gasteiger partial charge is 0.481 e. The van der Waals surface area contributed by atoms with Crippen molar-refractivity contribution in [3.05, 3.63) is 0 Å². The molecule has 0 spiro atoms. The maximum atomic E-state index is 12.5. The zero-order valence-electron chi connectivity index (χ0n) is 14.9. The fraction of sp³-hybridized carbons (Fsp3) is 0.824. The van der Waals surface area contributed by atoms with Gasteiger partial charge < -0.3 is 25.0 Å². The van der Waals surface area contributed by atoms with Crippen LogP contribution in [-0.4, -0.2) is 77.7 Å². The Labute approximate surface area is 147 Å². The molecule has 3 heterocycles. The zero-order chi connectivity index (χ0) is 18.2. The fourth-order valence-electron chi connectivity index (χ4n) is 3.87. The average molecular weight is 353 g/mol. The first-order valence-corrected chi connectivity index (χ1v) is 8.93. The van der Waals surface area contributed by atoms with E-state index in [1.807, 2.05) is 0 Å². The van der Waals surface area contributed by atoms with Gasteiger partial charge in [-0.15, -0.1) is 0 Å². The number of nitrogens with zero attached hydrogens (tertiary/aromatic N) is 2. The van der Waals surface area contributed by atoms with Crippen LogP contribution < -0.4 is 5.32 Å². The molecule has 8 heteroatoms. The highest BCUT2D eigenvalue weighted by molar-refractivity contribution is 5.86.